The molecule has 0 spiro atoms. The molecule has 0 unspecified atom stereocenters. The number of fused-ring (bicyclic) bond motifs is 1. The molecular formula is C20H13ClFN3. The molecule has 1 N–H and O–H groups in total. The zero-order valence-corrected chi connectivity index (χ0v) is 13.8. The summed E-state index contributed by atoms with van der Waals surface area (Å²) in [5.41, 5.74) is 3.34. The number of halogens is 2. The molecule has 0 aliphatic rings. The normalized spacial score (nSPS) is 10.8. The molecule has 4 rings (SSSR count). The Labute approximate surface area is 149 Å². The maximum Gasteiger partial charge on any atom is 0.224 e. The zero-order valence-electron chi connectivity index (χ0n) is 13.1. The van der Waals surface area contributed by atoms with Gasteiger partial charge in [0.25, 0.3) is 0 Å². The van der Waals surface area contributed by atoms with Crippen molar-refractivity contribution in [3.8, 4) is 11.1 Å². The van der Waals surface area contributed by atoms with Crippen molar-refractivity contribution >= 4 is 34.0 Å². The average molecular weight is 350 g/mol. The second-order valence-corrected chi connectivity index (χ2v) is 5.88. The molecule has 0 amide bonds. The van der Waals surface area contributed by atoms with Crippen molar-refractivity contribution in [1.82, 2.24) is 9.97 Å². The molecule has 0 atom stereocenters. The van der Waals surface area contributed by atoms with Gasteiger partial charge in [-0.15, -0.1) is 0 Å². The third-order valence-corrected chi connectivity index (χ3v) is 4.04. The minimum Gasteiger partial charge on any atom is -0.339 e. The van der Waals surface area contributed by atoms with E-state index in [-0.39, 0.29) is 11.1 Å². The van der Waals surface area contributed by atoms with Crippen LogP contribution in [0.3, 0.4) is 0 Å². The molecule has 5 heteroatoms. The summed E-state index contributed by atoms with van der Waals surface area (Å²) in [6.45, 7) is 0. The van der Waals surface area contributed by atoms with Gasteiger partial charge >= 0.3 is 0 Å². The highest BCUT2D eigenvalue weighted by Gasteiger charge is 2.13. The Hall–Kier alpha value is -2.98. The first-order chi connectivity index (χ1) is 12.2. The number of aromatic nitrogens is 2. The summed E-state index contributed by atoms with van der Waals surface area (Å²) in [5.74, 6) is 0.220. The van der Waals surface area contributed by atoms with Crippen LogP contribution >= 0.6 is 11.6 Å². The van der Waals surface area contributed by atoms with E-state index in [0.717, 1.165) is 22.0 Å². The molecule has 0 radical (unpaired) electrons. The van der Waals surface area contributed by atoms with Crippen LogP contribution in [0.1, 0.15) is 0 Å². The van der Waals surface area contributed by atoms with Crippen LogP contribution in [0.25, 0.3) is 22.0 Å². The van der Waals surface area contributed by atoms with Crippen LogP contribution in [0.4, 0.5) is 15.9 Å². The van der Waals surface area contributed by atoms with Crippen molar-refractivity contribution in [1.29, 1.82) is 0 Å². The molecule has 122 valence electrons. The summed E-state index contributed by atoms with van der Waals surface area (Å²) in [7, 11) is 0. The monoisotopic (exact) mass is 349 g/mol. The fourth-order valence-electron chi connectivity index (χ4n) is 2.81. The first-order valence-corrected chi connectivity index (χ1v) is 8.13. The van der Waals surface area contributed by atoms with Crippen LogP contribution in [0.2, 0.25) is 5.28 Å². The van der Waals surface area contributed by atoms with Crippen LogP contribution in [-0.4, -0.2) is 9.97 Å². The fraction of sp³-hybridized carbons (Fsp3) is 0. The van der Waals surface area contributed by atoms with Gasteiger partial charge in [-0.2, -0.15) is 4.98 Å². The average Bonchev–Trinajstić information content (AvgIpc) is 2.62. The van der Waals surface area contributed by atoms with Crippen molar-refractivity contribution in [3.63, 3.8) is 0 Å². The quantitative estimate of drug-likeness (QED) is 0.473. The molecule has 0 aliphatic heterocycles. The van der Waals surface area contributed by atoms with Crippen molar-refractivity contribution in [2.45, 2.75) is 0 Å². The van der Waals surface area contributed by atoms with E-state index in [0.29, 0.717) is 11.5 Å². The van der Waals surface area contributed by atoms with Gasteiger partial charge < -0.3 is 5.32 Å². The number of benzene rings is 3. The molecule has 1 aromatic heterocycles. The van der Waals surface area contributed by atoms with Gasteiger partial charge in [0.15, 0.2) is 0 Å². The van der Waals surface area contributed by atoms with E-state index in [1.165, 1.54) is 12.1 Å². The minimum absolute atomic E-state index is 0.136. The molecule has 3 aromatic carbocycles. The number of rotatable bonds is 3. The standard InChI is InChI=1S/C20H13ClFN3/c21-20-24-17-11-5-10-16(13-6-2-1-3-7-13)18(17)19(25-20)23-15-9-4-8-14(22)12-15/h1-12H,(H,23,24,25). The zero-order chi connectivity index (χ0) is 17.2. The highest BCUT2D eigenvalue weighted by molar-refractivity contribution is 6.29. The summed E-state index contributed by atoms with van der Waals surface area (Å²) in [6.07, 6.45) is 0. The van der Waals surface area contributed by atoms with Crippen molar-refractivity contribution in [2.24, 2.45) is 0 Å². The Morgan fingerprint density at radius 2 is 1.64 bits per heavy atom. The summed E-state index contributed by atoms with van der Waals surface area (Å²) in [5, 5.41) is 4.13. The molecule has 25 heavy (non-hydrogen) atoms. The van der Waals surface area contributed by atoms with E-state index >= 15 is 0 Å². The second kappa shape index (κ2) is 6.49. The third-order valence-electron chi connectivity index (χ3n) is 3.87. The Bertz CT molecular complexity index is 1050. The fourth-order valence-corrected chi connectivity index (χ4v) is 2.98. The lowest BCUT2D eigenvalue weighted by atomic mass is 10.0. The van der Waals surface area contributed by atoms with Crippen molar-refractivity contribution < 1.29 is 4.39 Å². The Morgan fingerprint density at radius 3 is 2.44 bits per heavy atom. The van der Waals surface area contributed by atoms with Crippen molar-refractivity contribution in [3.05, 3.63) is 83.9 Å². The SMILES string of the molecule is Fc1cccc(Nc2nc(Cl)nc3cccc(-c4ccccc4)c23)c1. The summed E-state index contributed by atoms with van der Waals surface area (Å²) >= 11 is 6.08. The van der Waals surface area contributed by atoms with Gasteiger partial charge in [-0.25, -0.2) is 9.37 Å². The van der Waals surface area contributed by atoms with E-state index < -0.39 is 0 Å². The third kappa shape index (κ3) is 3.16. The summed E-state index contributed by atoms with van der Waals surface area (Å²) in [6, 6.07) is 22.0. The molecule has 4 aromatic rings. The number of anilines is 2. The van der Waals surface area contributed by atoms with E-state index in [1.54, 1.807) is 12.1 Å². The van der Waals surface area contributed by atoms with Gasteiger partial charge in [-0.3, -0.25) is 0 Å². The summed E-state index contributed by atoms with van der Waals surface area (Å²) < 4.78 is 13.5. The topological polar surface area (TPSA) is 37.8 Å². The molecule has 0 fully saturated rings. The molecule has 3 nitrogen and oxygen atoms in total. The highest BCUT2D eigenvalue weighted by atomic mass is 35.5. The first kappa shape index (κ1) is 15.5. The predicted octanol–water partition coefficient (Wildman–Crippen LogP) is 5.83. The Morgan fingerprint density at radius 1 is 0.840 bits per heavy atom. The molecule has 1 heterocycles. The van der Waals surface area contributed by atoms with Gasteiger partial charge in [0.05, 0.1) is 10.9 Å². The number of hydrogen-bond donors (Lipinski definition) is 1. The predicted molar refractivity (Wildman–Crippen MR) is 99.7 cm³/mol. The smallest absolute Gasteiger partial charge is 0.224 e. The van der Waals surface area contributed by atoms with Gasteiger partial charge in [0.2, 0.25) is 5.28 Å². The number of nitrogens with zero attached hydrogens (tertiary/aromatic N) is 2. The van der Waals surface area contributed by atoms with E-state index in [2.05, 4.69) is 15.3 Å². The summed E-state index contributed by atoms with van der Waals surface area (Å²) in [4.78, 5) is 8.66. The van der Waals surface area contributed by atoms with Gasteiger partial charge in [-0.05, 0) is 47.0 Å². The lowest BCUT2D eigenvalue weighted by molar-refractivity contribution is 0.628. The molecule has 0 saturated carbocycles. The van der Waals surface area contributed by atoms with Crippen LogP contribution in [0.5, 0.6) is 0 Å². The Kier molecular flexibility index (Phi) is 4.04. The lowest BCUT2D eigenvalue weighted by Gasteiger charge is -2.13. The molecule has 0 bridgehead atoms. The van der Waals surface area contributed by atoms with Crippen LogP contribution in [0.15, 0.2) is 72.8 Å². The number of nitrogens with one attached hydrogen (secondary N) is 1. The van der Waals surface area contributed by atoms with Crippen LogP contribution in [-0.2, 0) is 0 Å². The van der Waals surface area contributed by atoms with E-state index in [9.17, 15) is 4.39 Å². The van der Waals surface area contributed by atoms with Crippen molar-refractivity contribution in [2.75, 3.05) is 5.32 Å². The molecule has 0 saturated heterocycles. The number of hydrogen-bond acceptors (Lipinski definition) is 3. The molecule has 0 aliphatic carbocycles. The van der Waals surface area contributed by atoms with Crippen LogP contribution in [0, 0.1) is 5.82 Å². The van der Waals surface area contributed by atoms with E-state index in [1.807, 2.05) is 48.5 Å². The highest BCUT2D eigenvalue weighted by Crippen LogP contribution is 2.34. The minimum atomic E-state index is -0.322. The maximum atomic E-state index is 13.5. The molecular weight excluding hydrogens is 337 g/mol. The largest absolute Gasteiger partial charge is 0.339 e. The Balaban J connectivity index is 1.94. The maximum absolute atomic E-state index is 13.5. The van der Waals surface area contributed by atoms with Gasteiger partial charge in [-0.1, -0.05) is 48.5 Å². The van der Waals surface area contributed by atoms with Gasteiger partial charge in [0, 0.05) is 5.69 Å². The van der Waals surface area contributed by atoms with E-state index in [4.69, 9.17) is 11.6 Å². The second-order valence-electron chi connectivity index (χ2n) is 5.54. The lowest BCUT2D eigenvalue weighted by Crippen LogP contribution is -1.99. The van der Waals surface area contributed by atoms with Crippen LogP contribution < -0.4 is 5.32 Å². The van der Waals surface area contributed by atoms with Gasteiger partial charge in [0.1, 0.15) is 11.6 Å². The first-order valence-electron chi connectivity index (χ1n) is 7.75.